The first kappa shape index (κ1) is 34.3. The van der Waals surface area contributed by atoms with Crippen molar-refractivity contribution in [3.63, 3.8) is 0 Å². The van der Waals surface area contributed by atoms with E-state index in [2.05, 4.69) is 27.4 Å². The highest BCUT2D eigenvalue weighted by Gasteiger charge is 2.51. The van der Waals surface area contributed by atoms with Crippen molar-refractivity contribution < 1.29 is 31.8 Å². The molecule has 2 aromatic carbocycles. The summed E-state index contributed by atoms with van der Waals surface area (Å²) in [6.07, 6.45) is 12.8. The summed E-state index contributed by atoms with van der Waals surface area (Å²) in [5.41, 5.74) is 0.549. The maximum Gasteiger partial charge on any atom is 0.317 e. The van der Waals surface area contributed by atoms with E-state index in [9.17, 15) is 22.6 Å². The van der Waals surface area contributed by atoms with E-state index in [0.29, 0.717) is 22.8 Å². The van der Waals surface area contributed by atoms with Crippen molar-refractivity contribution in [1.29, 1.82) is 0 Å². The number of quaternary nitrogens is 1. The third kappa shape index (κ3) is 8.24. The van der Waals surface area contributed by atoms with E-state index in [1.165, 1.54) is 25.0 Å². The molecule has 13 heteroatoms. The van der Waals surface area contributed by atoms with Crippen LogP contribution >= 0.6 is 23.2 Å². The number of benzene rings is 2. The van der Waals surface area contributed by atoms with Crippen molar-refractivity contribution in [2.24, 2.45) is 5.92 Å². The number of piperidine rings is 3. The Hall–Kier alpha value is -3.09. The van der Waals surface area contributed by atoms with Crippen molar-refractivity contribution >= 4 is 51.0 Å². The van der Waals surface area contributed by atoms with Crippen LogP contribution in [0.3, 0.4) is 0 Å². The largest absolute Gasteiger partial charge is 0.744 e. The zero-order valence-electron chi connectivity index (χ0n) is 25.4. The number of esters is 1. The van der Waals surface area contributed by atoms with E-state index in [0.717, 1.165) is 69.8 Å². The first-order chi connectivity index (χ1) is 22.0. The molecule has 3 aromatic rings. The summed E-state index contributed by atoms with van der Waals surface area (Å²) in [6, 6.07) is 13.9. The second kappa shape index (κ2) is 14.8. The Morgan fingerprint density at radius 3 is 2.30 bits per heavy atom. The molecule has 4 aliphatic rings. The van der Waals surface area contributed by atoms with E-state index in [-0.39, 0.29) is 28.0 Å². The van der Waals surface area contributed by atoms with Crippen LogP contribution in [0.2, 0.25) is 10.0 Å². The number of nitrogens with one attached hydrogen (secondary N) is 1. The number of ether oxygens (including phenoxy) is 1. The highest BCUT2D eigenvalue weighted by molar-refractivity contribution is 7.85. The zero-order valence-corrected chi connectivity index (χ0v) is 27.8. The topological polar surface area (TPSA) is 138 Å². The lowest BCUT2D eigenvalue weighted by molar-refractivity contribution is -0.939. The van der Waals surface area contributed by atoms with Gasteiger partial charge in [0.15, 0.2) is 18.5 Å². The maximum atomic E-state index is 13.9. The Labute approximate surface area is 279 Å². The predicted octanol–water partition coefficient (Wildman–Crippen LogP) is 5.76. The molecule has 7 rings (SSSR count). The van der Waals surface area contributed by atoms with Crippen LogP contribution < -0.4 is 5.32 Å². The molecule has 3 aliphatic heterocycles. The lowest BCUT2D eigenvalue weighted by Crippen LogP contribution is -2.66. The summed E-state index contributed by atoms with van der Waals surface area (Å²) < 4.78 is 38.6. The number of halogens is 2. The van der Waals surface area contributed by atoms with Gasteiger partial charge in [0.1, 0.15) is 16.7 Å². The highest BCUT2D eigenvalue weighted by atomic mass is 35.5. The number of carbonyl (C=O) groups excluding carboxylic acids is 2. The number of hydrogen-bond donors (Lipinski definition) is 1. The second-order valence-electron chi connectivity index (χ2n) is 12.4. The number of anilines is 1. The van der Waals surface area contributed by atoms with E-state index < -0.39 is 20.4 Å². The first-order valence-electron chi connectivity index (χ1n) is 15.6. The molecule has 0 spiro atoms. The van der Waals surface area contributed by atoms with E-state index in [1.807, 2.05) is 18.2 Å². The average molecular weight is 690 g/mol. The Kier molecular flexibility index (Phi) is 11.0. The van der Waals surface area contributed by atoms with Crippen molar-refractivity contribution in [2.75, 3.05) is 31.5 Å². The van der Waals surface area contributed by atoms with Crippen LogP contribution in [0.1, 0.15) is 56.9 Å². The van der Waals surface area contributed by atoms with E-state index >= 15 is 0 Å². The lowest BCUT2D eigenvalue weighted by Gasteiger charge is -2.52. The van der Waals surface area contributed by atoms with Gasteiger partial charge in [-0.05, 0) is 36.6 Å². The fourth-order valence-electron chi connectivity index (χ4n) is 7.05. The van der Waals surface area contributed by atoms with Crippen molar-refractivity contribution in [3.8, 4) is 0 Å². The van der Waals surface area contributed by atoms with Gasteiger partial charge in [0.05, 0.1) is 34.6 Å². The van der Waals surface area contributed by atoms with Gasteiger partial charge in [0.2, 0.25) is 0 Å². The SMILES string of the molecule is O=C(C[N+]12CCC(CC1)C(OC(=O)C1(c3ccccc3)CCCCCC1)C2)Nc1cnccn1.O=S(=O)([O-])c1cc(Cl)ccc1Cl. The predicted molar refractivity (Wildman–Crippen MR) is 173 cm³/mol. The Balaban J connectivity index is 0.000000293. The molecule has 4 heterocycles. The zero-order chi connectivity index (χ0) is 32.8. The number of aromatic nitrogens is 2. The molecule has 1 aromatic heterocycles. The number of carbonyl (C=O) groups is 2. The molecule has 1 saturated carbocycles. The first-order valence-corrected chi connectivity index (χ1v) is 17.7. The molecule has 1 atom stereocenters. The minimum Gasteiger partial charge on any atom is -0.744 e. The van der Waals surface area contributed by atoms with Crippen molar-refractivity contribution in [1.82, 2.24) is 9.97 Å². The monoisotopic (exact) mass is 688 g/mol. The molecule has 1 N–H and O–H groups in total. The smallest absolute Gasteiger partial charge is 0.317 e. The lowest BCUT2D eigenvalue weighted by atomic mass is 9.74. The number of nitrogens with zero attached hydrogens (tertiary/aromatic N) is 3. The standard InChI is InChI=1S/C27H34N4O3.C6H4Cl2O3S/c32-25(30-24-18-28-14-15-29-24)20-31-16-10-21(11-17-31)23(19-31)34-26(33)27(12-6-1-2-7-13-27)22-8-4-3-5-9-22;7-4-1-2-5(8)6(3-4)12(9,10)11/h3-5,8-9,14-15,18,21,23H,1-2,6-7,10-13,16-17,19-20H2;1-3H,(H,9,10,11). The quantitative estimate of drug-likeness (QED) is 0.143. The number of hydrogen-bond acceptors (Lipinski definition) is 8. The minimum absolute atomic E-state index is 0.0542. The molecule has 1 unspecified atom stereocenters. The number of rotatable bonds is 7. The van der Waals surface area contributed by atoms with Gasteiger partial charge in [-0.25, -0.2) is 13.4 Å². The van der Waals surface area contributed by atoms with Gasteiger partial charge in [0, 0.05) is 36.2 Å². The fourth-order valence-corrected chi connectivity index (χ4v) is 8.26. The average Bonchev–Trinajstić information content (AvgIpc) is 3.31. The van der Waals surface area contributed by atoms with Crippen LogP contribution in [-0.4, -0.2) is 71.6 Å². The molecule has 4 fully saturated rings. The molecule has 3 saturated heterocycles. The Morgan fingerprint density at radius 2 is 1.70 bits per heavy atom. The summed E-state index contributed by atoms with van der Waals surface area (Å²) in [5, 5.41) is 2.92. The maximum absolute atomic E-state index is 13.9. The normalized spacial score (nSPS) is 23.7. The van der Waals surface area contributed by atoms with Gasteiger partial charge in [-0.3, -0.25) is 14.6 Å². The molecular formula is C33H38Cl2N4O6S. The molecule has 46 heavy (non-hydrogen) atoms. The van der Waals surface area contributed by atoms with Crippen molar-refractivity contribution in [3.05, 3.63) is 82.7 Å². The van der Waals surface area contributed by atoms with E-state index in [1.54, 1.807) is 18.6 Å². The molecule has 0 radical (unpaired) electrons. The number of fused-ring (bicyclic) bond motifs is 3. The molecule has 246 valence electrons. The highest BCUT2D eigenvalue weighted by Crippen LogP contribution is 2.42. The number of amides is 1. The summed E-state index contributed by atoms with van der Waals surface area (Å²) in [7, 11) is -4.52. The van der Waals surface area contributed by atoms with Crippen LogP contribution in [0.4, 0.5) is 5.82 Å². The van der Waals surface area contributed by atoms with Gasteiger partial charge in [-0.2, -0.15) is 0 Å². The van der Waals surface area contributed by atoms with Gasteiger partial charge in [-0.15, -0.1) is 0 Å². The van der Waals surface area contributed by atoms with Crippen LogP contribution in [-0.2, 0) is 29.9 Å². The van der Waals surface area contributed by atoms with Crippen LogP contribution in [0.5, 0.6) is 0 Å². The van der Waals surface area contributed by atoms with Gasteiger partial charge >= 0.3 is 5.97 Å². The Morgan fingerprint density at radius 1 is 1.00 bits per heavy atom. The molecular weight excluding hydrogens is 651 g/mol. The summed E-state index contributed by atoms with van der Waals surface area (Å²) in [4.78, 5) is 34.3. The van der Waals surface area contributed by atoms with E-state index in [4.69, 9.17) is 27.9 Å². The van der Waals surface area contributed by atoms with Gasteiger partial charge < -0.3 is 19.1 Å². The summed E-state index contributed by atoms with van der Waals surface area (Å²) >= 11 is 10.9. The van der Waals surface area contributed by atoms with Crippen LogP contribution in [0.15, 0.2) is 72.0 Å². The van der Waals surface area contributed by atoms with Crippen LogP contribution in [0.25, 0.3) is 0 Å². The molecule has 2 bridgehead atoms. The Bertz CT molecular complexity index is 1610. The molecule has 1 amide bonds. The van der Waals surface area contributed by atoms with Crippen LogP contribution in [0, 0.1) is 5.92 Å². The molecule has 10 nitrogen and oxygen atoms in total. The third-order valence-corrected chi connectivity index (χ3v) is 11.0. The molecule has 1 aliphatic carbocycles. The van der Waals surface area contributed by atoms with Gasteiger partial charge in [0.25, 0.3) is 5.91 Å². The third-order valence-electron chi connectivity index (χ3n) is 9.45. The summed E-state index contributed by atoms with van der Waals surface area (Å²) in [6.45, 7) is 3.00. The summed E-state index contributed by atoms with van der Waals surface area (Å²) in [5.74, 6) is 0.751. The van der Waals surface area contributed by atoms with Crippen molar-refractivity contribution in [2.45, 2.75) is 67.8 Å². The fraction of sp³-hybridized carbons (Fsp3) is 0.455. The van der Waals surface area contributed by atoms with Gasteiger partial charge in [-0.1, -0.05) is 79.2 Å². The minimum atomic E-state index is -4.52. The second-order valence-corrected chi connectivity index (χ2v) is 14.6.